The van der Waals surface area contributed by atoms with Gasteiger partial charge in [0.25, 0.3) is 5.91 Å². The van der Waals surface area contributed by atoms with E-state index in [0.717, 1.165) is 16.5 Å². The van der Waals surface area contributed by atoms with Crippen LogP contribution in [0.25, 0.3) is 22.1 Å². The summed E-state index contributed by atoms with van der Waals surface area (Å²) < 4.78 is 5.72. The smallest absolute Gasteiger partial charge is 0.270 e. The summed E-state index contributed by atoms with van der Waals surface area (Å²) >= 11 is 0. The molecular formula is C19H14N2O2. The molecule has 1 amide bonds. The van der Waals surface area contributed by atoms with Crippen molar-refractivity contribution >= 4 is 28.0 Å². The maximum atomic E-state index is 12.3. The molecule has 4 heteroatoms. The molecule has 0 atom stereocenters. The summed E-state index contributed by atoms with van der Waals surface area (Å²) in [4.78, 5) is 16.8. The number of fused-ring (bicyclic) bond motifs is 3. The summed E-state index contributed by atoms with van der Waals surface area (Å²) in [6.45, 7) is 0.478. The number of carbonyl (C=O) groups is 1. The number of amides is 1. The van der Waals surface area contributed by atoms with Gasteiger partial charge in [-0.2, -0.15) is 0 Å². The van der Waals surface area contributed by atoms with Gasteiger partial charge in [-0.15, -0.1) is 0 Å². The molecule has 0 unspecified atom stereocenters. The van der Waals surface area contributed by atoms with Crippen LogP contribution in [0.3, 0.4) is 0 Å². The molecule has 0 saturated carbocycles. The van der Waals surface area contributed by atoms with Crippen LogP contribution in [0.4, 0.5) is 0 Å². The minimum absolute atomic E-state index is 0.193. The number of nitrogens with zero attached hydrogens (tertiary/aromatic N) is 1. The monoisotopic (exact) mass is 302 g/mol. The lowest BCUT2D eigenvalue weighted by atomic mass is 10.2. The Kier molecular flexibility index (Phi) is 3.27. The van der Waals surface area contributed by atoms with E-state index in [2.05, 4.69) is 10.3 Å². The van der Waals surface area contributed by atoms with Gasteiger partial charge in [-0.3, -0.25) is 4.79 Å². The van der Waals surface area contributed by atoms with Crippen LogP contribution in [0.1, 0.15) is 16.1 Å². The average molecular weight is 302 g/mol. The van der Waals surface area contributed by atoms with Gasteiger partial charge in [-0.1, -0.05) is 42.5 Å². The second kappa shape index (κ2) is 5.57. The second-order valence-electron chi connectivity index (χ2n) is 5.31. The van der Waals surface area contributed by atoms with Crippen LogP contribution in [-0.4, -0.2) is 10.9 Å². The molecular weight excluding hydrogens is 288 g/mol. The van der Waals surface area contributed by atoms with Crippen molar-refractivity contribution in [3.05, 3.63) is 78.0 Å². The number of aromatic nitrogens is 1. The molecule has 23 heavy (non-hydrogen) atoms. The van der Waals surface area contributed by atoms with Gasteiger partial charge in [-0.25, -0.2) is 4.98 Å². The number of nitrogens with one attached hydrogen (secondary N) is 1. The van der Waals surface area contributed by atoms with Crippen LogP contribution in [0.15, 0.2) is 71.1 Å². The van der Waals surface area contributed by atoms with Crippen LogP contribution < -0.4 is 5.32 Å². The average Bonchev–Trinajstić information content (AvgIpc) is 2.98. The number of hydrogen-bond acceptors (Lipinski definition) is 3. The number of furan rings is 1. The van der Waals surface area contributed by atoms with Crippen molar-refractivity contribution in [1.29, 1.82) is 0 Å². The molecule has 2 heterocycles. The van der Waals surface area contributed by atoms with Crippen molar-refractivity contribution in [2.75, 3.05) is 0 Å². The molecule has 0 aliphatic heterocycles. The topological polar surface area (TPSA) is 55.1 Å². The molecule has 0 bridgehead atoms. The van der Waals surface area contributed by atoms with E-state index in [1.165, 1.54) is 0 Å². The molecule has 1 N–H and O–H groups in total. The van der Waals surface area contributed by atoms with Crippen molar-refractivity contribution in [2.45, 2.75) is 6.54 Å². The minimum Gasteiger partial charge on any atom is -0.454 e. The molecule has 0 spiro atoms. The first-order valence-electron chi connectivity index (χ1n) is 7.42. The van der Waals surface area contributed by atoms with E-state index in [1.54, 1.807) is 12.1 Å². The Bertz CT molecular complexity index is 990. The molecule has 112 valence electrons. The first kappa shape index (κ1) is 13.5. The fraction of sp³-hybridized carbons (Fsp3) is 0.0526. The van der Waals surface area contributed by atoms with Crippen molar-refractivity contribution in [1.82, 2.24) is 10.3 Å². The van der Waals surface area contributed by atoms with Gasteiger partial charge in [0.2, 0.25) is 0 Å². The van der Waals surface area contributed by atoms with Crippen LogP contribution in [0.5, 0.6) is 0 Å². The van der Waals surface area contributed by atoms with Gasteiger partial charge in [-0.05, 0) is 29.8 Å². The summed E-state index contributed by atoms with van der Waals surface area (Å²) in [5, 5.41) is 3.80. The van der Waals surface area contributed by atoms with E-state index >= 15 is 0 Å². The highest BCUT2D eigenvalue weighted by Gasteiger charge is 2.12. The number of rotatable bonds is 3. The van der Waals surface area contributed by atoms with Gasteiger partial charge in [0.1, 0.15) is 16.8 Å². The standard InChI is InChI=1S/C19H14N2O2/c22-19(20-12-13-6-2-1-3-7-13)15-10-11-17-18(21-15)14-8-4-5-9-16(14)23-17/h1-11H,12H2,(H,20,22). The summed E-state index contributed by atoms with van der Waals surface area (Å²) in [6, 6.07) is 21.0. The number of pyridine rings is 1. The van der Waals surface area contributed by atoms with E-state index in [1.807, 2.05) is 54.6 Å². The molecule has 4 nitrogen and oxygen atoms in total. The minimum atomic E-state index is -0.193. The van der Waals surface area contributed by atoms with Crippen molar-refractivity contribution in [2.24, 2.45) is 0 Å². The Morgan fingerprint density at radius 3 is 2.57 bits per heavy atom. The first-order valence-corrected chi connectivity index (χ1v) is 7.42. The van der Waals surface area contributed by atoms with Crippen LogP contribution >= 0.6 is 0 Å². The zero-order chi connectivity index (χ0) is 15.6. The van der Waals surface area contributed by atoms with Gasteiger partial charge in [0.15, 0.2) is 5.58 Å². The zero-order valence-corrected chi connectivity index (χ0v) is 12.3. The highest BCUT2D eigenvalue weighted by Crippen LogP contribution is 2.26. The first-order chi connectivity index (χ1) is 11.3. The van der Waals surface area contributed by atoms with E-state index in [-0.39, 0.29) is 5.91 Å². The van der Waals surface area contributed by atoms with Gasteiger partial charge in [0, 0.05) is 11.9 Å². The number of hydrogen-bond donors (Lipinski definition) is 1. The van der Waals surface area contributed by atoms with Crippen molar-refractivity contribution in [3.63, 3.8) is 0 Å². The summed E-state index contributed by atoms with van der Waals surface area (Å²) in [7, 11) is 0. The van der Waals surface area contributed by atoms with Crippen molar-refractivity contribution in [3.8, 4) is 0 Å². The van der Waals surface area contributed by atoms with E-state index in [4.69, 9.17) is 4.42 Å². The molecule has 0 radical (unpaired) electrons. The number of benzene rings is 2. The second-order valence-corrected chi connectivity index (χ2v) is 5.31. The van der Waals surface area contributed by atoms with Crippen LogP contribution in [0.2, 0.25) is 0 Å². The third-order valence-electron chi connectivity index (χ3n) is 3.75. The lowest BCUT2D eigenvalue weighted by Crippen LogP contribution is -2.23. The Labute approximate surface area is 132 Å². The summed E-state index contributed by atoms with van der Waals surface area (Å²) in [5.41, 5.74) is 3.62. The normalized spacial score (nSPS) is 11.0. The number of carbonyl (C=O) groups excluding carboxylic acids is 1. The summed E-state index contributed by atoms with van der Waals surface area (Å²) in [6.07, 6.45) is 0. The van der Waals surface area contributed by atoms with E-state index < -0.39 is 0 Å². The molecule has 4 aromatic rings. The van der Waals surface area contributed by atoms with Gasteiger partial charge >= 0.3 is 0 Å². The Balaban J connectivity index is 1.63. The Hall–Kier alpha value is -3.14. The molecule has 2 aromatic heterocycles. The maximum absolute atomic E-state index is 12.3. The quantitative estimate of drug-likeness (QED) is 0.624. The Morgan fingerprint density at radius 1 is 0.913 bits per heavy atom. The fourth-order valence-corrected chi connectivity index (χ4v) is 2.59. The zero-order valence-electron chi connectivity index (χ0n) is 12.3. The predicted octanol–water partition coefficient (Wildman–Crippen LogP) is 3.91. The third kappa shape index (κ3) is 2.55. The highest BCUT2D eigenvalue weighted by atomic mass is 16.3. The van der Waals surface area contributed by atoms with Gasteiger partial charge in [0.05, 0.1) is 0 Å². The molecule has 2 aromatic carbocycles. The van der Waals surface area contributed by atoms with Crippen LogP contribution in [0, 0.1) is 0 Å². The molecule has 0 aliphatic carbocycles. The lowest BCUT2D eigenvalue weighted by Gasteiger charge is -2.04. The van der Waals surface area contributed by atoms with E-state index in [9.17, 15) is 4.79 Å². The van der Waals surface area contributed by atoms with E-state index in [0.29, 0.717) is 23.3 Å². The van der Waals surface area contributed by atoms with Gasteiger partial charge < -0.3 is 9.73 Å². The molecule has 0 saturated heterocycles. The number of para-hydroxylation sites is 1. The lowest BCUT2D eigenvalue weighted by molar-refractivity contribution is 0.0946. The fourth-order valence-electron chi connectivity index (χ4n) is 2.59. The van der Waals surface area contributed by atoms with Crippen molar-refractivity contribution < 1.29 is 9.21 Å². The maximum Gasteiger partial charge on any atom is 0.270 e. The Morgan fingerprint density at radius 2 is 1.70 bits per heavy atom. The predicted molar refractivity (Wildman–Crippen MR) is 89.1 cm³/mol. The third-order valence-corrected chi connectivity index (χ3v) is 3.75. The molecule has 4 rings (SSSR count). The largest absolute Gasteiger partial charge is 0.454 e. The molecule has 0 aliphatic rings. The van der Waals surface area contributed by atoms with Crippen LogP contribution in [-0.2, 0) is 6.54 Å². The molecule has 0 fully saturated rings. The highest BCUT2D eigenvalue weighted by molar-refractivity contribution is 6.04. The summed E-state index contributed by atoms with van der Waals surface area (Å²) in [5.74, 6) is -0.193. The SMILES string of the molecule is O=C(NCc1ccccc1)c1ccc2oc3ccccc3c2n1.